The van der Waals surface area contributed by atoms with Gasteiger partial charge in [0.05, 0.1) is 5.92 Å². The van der Waals surface area contributed by atoms with E-state index in [4.69, 9.17) is 4.74 Å². The molecule has 0 fully saturated rings. The van der Waals surface area contributed by atoms with Crippen molar-refractivity contribution in [2.45, 2.75) is 57.5 Å². The van der Waals surface area contributed by atoms with E-state index < -0.39 is 31.2 Å². The maximum atomic E-state index is 13.3. The molecule has 2 atom stereocenters. The molecule has 148 valence electrons. The third-order valence-electron chi connectivity index (χ3n) is 4.07. The Morgan fingerprint density at radius 3 is 1.93 bits per heavy atom. The van der Waals surface area contributed by atoms with Crippen molar-refractivity contribution >= 4 is 14.0 Å². The number of esters is 1. The molecule has 0 amide bonds. The molecule has 0 bridgehead atoms. The van der Waals surface area contributed by atoms with Crippen LogP contribution in [0.1, 0.15) is 37.8 Å². The number of carbonyl (C=O) groups is 1. The summed E-state index contributed by atoms with van der Waals surface area (Å²) >= 11 is 0. The molecule has 2 rings (SSSR count). The molecule has 0 saturated carbocycles. The second-order valence-electron chi connectivity index (χ2n) is 9.00. The fraction of sp³-hybridized carbons (Fsp3) is 0.375. The minimum Gasteiger partial charge on any atom is -0.458 e. The standard InChI is InChI=1S/C24H30O3Si/c1-23(2,3)27-22(25)24(26,20-15-11-8-12-16-20)21(17-18-28(4,5)6)19-13-9-7-10-14-19/h7-16,21,26H,1-6H3/t21-,24+/m0/s1. The Bertz CT molecular complexity index is 852. The number of hydrogen-bond donors (Lipinski definition) is 1. The molecule has 4 heteroatoms. The van der Waals surface area contributed by atoms with Crippen LogP contribution in [0.4, 0.5) is 0 Å². The first-order valence-corrected chi connectivity index (χ1v) is 13.0. The zero-order chi connectivity index (χ0) is 21.0. The maximum Gasteiger partial charge on any atom is 0.345 e. The van der Waals surface area contributed by atoms with Crippen LogP contribution in [-0.4, -0.2) is 24.8 Å². The normalized spacial score (nSPS) is 15.0. The molecule has 28 heavy (non-hydrogen) atoms. The molecule has 3 nitrogen and oxygen atoms in total. The van der Waals surface area contributed by atoms with Crippen molar-refractivity contribution in [1.29, 1.82) is 0 Å². The van der Waals surface area contributed by atoms with Gasteiger partial charge in [0.25, 0.3) is 0 Å². The average molecular weight is 395 g/mol. The molecule has 0 heterocycles. The van der Waals surface area contributed by atoms with Crippen LogP contribution in [0.25, 0.3) is 0 Å². The van der Waals surface area contributed by atoms with E-state index in [1.165, 1.54) is 0 Å². The fourth-order valence-electron chi connectivity index (χ4n) is 2.81. The Morgan fingerprint density at radius 2 is 1.46 bits per heavy atom. The van der Waals surface area contributed by atoms with Gasteiger partial charge in [0.15, 0.2) is 0 Å². The number of ether oxygens (including phenoxy) is 1. The van der Waals surface area contributed by atoms with Gasteiger partial charge in [0.1, 0.15) is 13.7 Å². The van der Waals surface area contributed by atoms with Crippen LogP contribution in [0.15, 0.2) is 60.7 Å². The first kappa shape index (κ1) is 21.9. The van der Waals surface area contributed by atoms with Crippen molar-refractivity contribution in [1.82, 2.24) is 0 Å². The predicted molar refractivity (Wildman–Crippen MR) is 116 cm³/mol. The topological polar surface area (TPSA) is 46.5 Å². The highest BCUT2D eigenvalue weighted by atomic mass is 28.3. The second kappa shape index (κ2) is 8.34. The highest BCUT2D eigenvalue weighted by molar-refractivity contribution is 6.83. The number of aliphatic hydroxyl groups is 1. The van der Waals surface area contributed by atoms with Gasteiger partial charge in [-0.05, 0) is 31.9 Å². The third kappa shape index (κ3) is 5.57. The predicted octanol–water partition coefficient (Wildman–Crippen LogP) is 4.88. The molecule has 0 spiro atoms. The van der Waals surface area contributed by atoms with E-state index >= 15 is 0 Å². The summed E-state index contributed by atoms with van der Waals surface area (Å²) in [7, 11) is -1.74. The Hall–Kier alpha value is -2.35. The van der Waals surface area contributed by atoms with Crippen LogP contribution in [0.2, 0.25) is 19.6 Å². The molecular weight excluding hydrogens is 364 g/mol. The summed E-state index contributed by atoms with van der Waals surface area (Å²) in [5, 5.41) is 11.9. The second-order valence-corrected chi connectivity index (χ2v) is 13.7. The van der Waals surface area contributed by atoms with Gasteiger partial charge in [-0.15, -0.1) is 5.54 Å². The molecule has 0 radical (unpaired) electrons. The van der Waals surface area contributed by atoms with Gasteiger partial charge in [-0.1, -0.05) is 86.2 Å². The van der Waals surface area contributed by atoms with Gasteiger partial charge in [-0.3, -0.25) is 0 Å². The van der Waals surface area contributed by atoms with E-state index in [0.29, 0.717) is 5.56 Å². The third-order valence-corrected chi connectivity index (χ3v) is 4.96. The summed E-state index contributed by atoms with van der Waals surface area (Å²) in [6.45, 7) is 11.8. The number of rotatable bonds is 4. The maximum absolute atomic E-state index is 13.3. The molecule has 1 N–H and O–H groups in total. The molecule has 2 aromatic rings. The lowest BCUT2D eigenvalue weighted by atomic mass is 9.77. The zero-order valence-electron chi connectivity index (χ0n) is 17.6. The number of carbonyl (C=O) groups excluding carboxylic acids is 1. The van der Waals surface area contributed by atoms with Crippen LogP contribution in [0, 0.1) is 11.5 Å². The summed E-state index contributed by atoms with van der Waals surface area (Å²) in [4.78, 5) is 13.3. The van der Waals surface area contributed by atoms with Crippen molar-refractivity contribution in [2.75, 3.05) is 0 Å². The van der Waals surface area contributed by atoms with E-state index in [1.807, 2.05) is 36.4 Å². The lowest BCUT2D eigenvalue weighted by Crippen LogP contribution is -2.45. The monoisotopic (exact) mass is 394 g/mol. The summed E-state index contributed by atoms with van der Waals surface area (Å²) in [6.07, 6.45) is 0. The Labute approximate surface area is 169 Å². The van der Waals surface area contributed by atoms with Crippen molar-refractivity contribution in [2.24, 2.45) is 0 Å². The first-order valence-electron chi connectivity index (χ1n) is 9.52. The lowest BCUT2D eigenvalue weighted by molar-refractivity contribution is -0.179. The molecule has 0 aliphatic heterocycles. The van der Waals surface area contributed by atoms with Crippen molar-refractivity contribution in [3.05, 3.63) is 71.8 Å². The van der Waals surface area contributed by atoms with E-state index in [2.05, 4.69) is 31.1 Å². The van der Waals surface area contributed by atoms with Crippen LogP contribution in [0.5, 0.6) is 0 Å². The zero-order valence-corrected chi connectivity index (χ0v) is 18.6. The minimum atomic E-state index is -1.91. The highest BCUT2D eigenvalue weighted by Crippen LogP contribution is 2.39. The SMILES string of the molecule is CC(C)(C)OC(=O)[C@@](O)(c1ccccc1)[C@@H](C#C[Si](C)(C)C)c1ccccc1. The Morgan fingerprint density at radius 1 is 0.964 bits per heavy atom. The van der Waals surface area contributed by atoms with E-state index in [-0.39, 0.29) is 0 Å². The van der Waals surface area contributed by atoms with Gasteiger partial charge in [-0.2, -0.15) is 0 Å². The van der Waals surface area contributed by atoms with Crippen LogP contribution < -0.4 is 0 Å². The molecule has 0 aliphatic carbocycles. The summed E-state index contributed by atoms with van der Waals surface area (Å²) in [5.74, 6) is 1.81. The van der Waals surface area contributed by atoms with Crippen LogP contribution in [-0.2, 0) is 15.1 Å². The van der Waals surface area contributed by atoms with Gasteiger partial charge in [-0.25, -0.2) is 4.79 Å². The van der Waals surface area contributed by atoms with Crippen molar-refractivity contribution in [3.8, 4) is 11.5 Å². The van der Waals surface area contributed by atoms with Gasteiger partial charge in [0, 0.05) is 0 Å². The highest BCUT2D eigenvalue weighted by Gasteiger charge is 2.48. The van der Waals surface area contributed by atoms with Crippen molar-refractivity contribution < 1.29 is 14.6 Å². The van der Waals surface area contributed by atoms with Gasteiger partial charge < -0.3 is 9.84 Å². The quantitative estimate of drug-likeness (QED) is 0.457. The first-order chi connectivity index (χ1) is 12.9. The molecule has 0 aromatic heterocycles. The smallest absolute Gasteiger partial charge is 0.345 e. The van der Waals surface area contributed by atoms with Gasteiger partial charge in [0.2, 0.25) is 5.60 Å². The van der Waals surface area contributed by atoms with E-state index in [1.54, 1.807) is 45.0 Å². The van der Waals surface area contributed by atoms with E-state index in [9.17, 15) is 9.90 Å². The molecule has 0 unspecified atom stereocenters. The fourth-order valence-corrected chi connectivity index (χ4v) is 3.39. The van der Waals surface area contributed by atoms with Crippen LogP contribution in [0.3, 0.4) is 0 Å². The average Bonchev–Trinajstić information content (AvgIpc) is 2.61. The van der Waals surface area contributed by atoms with Gasteiger partial charge >= 0.3 is 5.97 Å². The summed E-state index contributed by atoms with van der Waals surface area (Å²) < 4.78 is 5.65. The number of benzene rings is 2. The summed E-state index contributed by atoms with van der Waals surface area (Å²) in [5.41, 5.74) is 1.95. The largest absolute Gasteiger partial charge is 0.458 e. The number of hydrogen-bond acceptors (Lipinski definition) is 3. The Kier molecular flexibility index (Phi) is 6.54. The molecular formula is C24H30O3Si. The molecule has 0 saturated heterocycles. The van der Waals surface area contributed by atoms with E-state index in [0.717, 1.165) is 5.56 Å². The van der Waals surface area contributed by atoms with Crippen molar-refractivity contribution in [3.63, 3.8) is 0 Å². The Balaban J connectivity index is 2.71. The molecule has 0 aliphatic rings. The summed E-state index contributed by atoms with van der Waals surface area (Å²) in [6, 6.07) is 18.4. The minimum absolute atomic E-state index is 0.475. The molecule has 2 aromatic carbocycles. The lowest BCUT2D eigenvalue weighted by Gasteiger charge is -2.35. The van der Waals surface area contributed by atoms with Crippen LogP contribution >= 0.6 is 0 Å².